The average Bonchev–Trinajstić information content (AvgIpc) is 3.42. The van der Waals surface area contributed by atoms with Gasteiger partial charge in [-0.3, -0.25) is 14.8 Å². The SMILES string of the molecule is O=C(Nc1nc2cc3c(cc2s1)OCCO3)c1ccc(NS(=O)(=O)c2cccs2)cc1. The number of nitrogens with one attached hydrogen (secondary N) is 2. The van der Waals surface area contributed by atoms with E-state index in [2.05, 4.69) is 15.0 Å². The summed E-state index contributed by atoms with van der Waals surface area (Å²) in [6.07, 6.45) is 0. The molecule has 11 heteroatoms. The number of rotatable bonds is 5. The van der Waals surface area contributed by atoms with Gasteiger partial charge in [-0.1, -0.05) is 17.4 Å². The molecule has 0 fully saturated rings. The zero-order chi connectivity index (χ0) is 21.4. The van der Waals surface area contributed by atoms with Gasteiger partial charge in [0.05, 0.1) is 10.2 Å². The van der Waals surface area contributed by atoms with Gasteiger partial charge in [0.25, 0.3) is 15.9 Å². The summed E-state index contributed by atoms with van der Waals surface area (Å²) in [7, 11) is -3.63. The van der Waals surface area contributed by atoms with E-state index >= 15 is 0 Å². The lowest BCUT2D eigenvalue weighted by molar-refractivity contribution is 0.102. The predicted octanol–water partition coefficient (Wildman–Crippen LogP) is 4.18. The van der Waals surface area contributed by atoms with Crippen LogP contribution in [0.15, 0.2) is 58.1 Å². The molecule has 0 bridgehead atoms. The number of thiophene rings is 1. The summed E-state index contributed by atoms with van der Waals surface area (Å²) in [5, 5.41) is 4.92. The number of carbonyl (C=O) groups is 1. The first-order valence-corrected chi connectivity index (χ1v) is 12.3. The van der Waals surface area contributed by atoms with E-state index in [4.69, 9.17) is 9.47 Å². The van der Waals surface area contributed by atoms with E-state index in [1.165, 1.54) is 17.4 Å². The summed E-state index contributed by atoms with van der Waals surface area (Å²) in [5.41, 5.74) is 1.46. The van der Waals surface area contributed by atoms with Gasteiger partial charge < -0.3 is 9.47 Å². The second kappa shape index (κ2) is 7.84. The standard InChI is InChI=1S/C20H15N3O5S3/c24-19(12-3-5-13(6-4-12)23-31(25,26)18-2-1-9-29-18)22-20-21-14-10-15-16(11-17(14)30-20)28-8-7-27-15/h1-6,9-11,23H,7-8H2,(H,21,22,24). The van der Waals surface area contributed by atoms with Gasteiger partial charge in [0, 0.05) is 23.4 Å². The van der Waals surface area contributed by atoms with Crippen molar-refractivity contribution in [2.45, 2.75) is 4.21 Å². The van der Waals surface area contributed by atoms with Gasteiger partial charge in [0.2, 0.25) is 0 Å². The maximum atomic E-state index is 12.6. The van der Waals surface area contributed by atoms with Gasteiger partial charge in [-0.05, 0) is 35.7 Å². The number of hydrogen-bond acceptors (Lipinski definition) is 8. The third-order valence-electron chi connectivity index (χ3n) is 4.43. The minimum absolute atomic E-state index is 0.225. The van der Waals surface area contributed by atoms with Crippen LogP contribution in [0, 0.1) is 0 Å². The number of hydrogen-bond donors (Lipinski definition) is 2. The van der Waals surface area contributed by atoms with Gasteiger partial charge in [-0.2, -0.15) is 0 Å². The molecule has 4 aromatic rings. The van der Waals surface area contributed by atoms with Crippen molar-refractivity contribution >= 4 is 59.6 Å². The Morgan fingerprint density at radius 1 is 1.03 bits per heavy atom. The number of aromatic nitrogens is 1. The van der Waals surface area contributed by atoms with E-state index in [1.54, 1.807) is 41.8 Å². The number of nitrogens with zero attached hydrogens (tertiary/aromatic N) is 1. The Kier molecular flexibility index (Phi) is 5.00. The Morgan fingerprint density at radius 3 is 2.48 bits per heavy atom. The molecule has 0 unspecified atom stereocenters. The van der Waals surface area contributed by atoms with Crippen molar-refractivity contribution in [3.8, 4) is 11.5 Å². The van der Waals surface area contributed by atoms with E-state index in [0.29, 0.717) is 46.6 Å². The molecule has 1 aliphatic heterocycles. The summed E-state index contributed by atoms with van der Waals surface area (Å²) in [6.45, 7) is 0.992. The number of anilines is 2. The van der Waals surface area contributed by atoms with Gasteiger partial charge in [0.15, 0.2) is 16.6 Å². The first kappa shape index (κ1) is 19.8. The Hall–Kier alpha value is -3.15. The maximum absolute atomic E-state index is 12.6. The molecule has 0 saturated carbocycles. The highest BCUT2D eigenvalue weighted by molar-refractivity contribution is 7.94. The fourth-order valence-electron chi connectivity index (χ4n) is 3.00. The fourth-order valence-corrected chi connectivity index (χ4v) is 5.92. The van der Waals surface area contributed by atoms with Crippen LogP contribution in [0.2, 0.25) is 0 Å². The molecule has 0 saturated heterocycles. The summed E-state index contributed by atoms with van der Waals surface area (Å²) in [4.78, 5) is 17.0. The Labute approximate surface area is 185 Å². The van der Waals surface area contributed by atoms with Crippen LogP contribution in [-0.4, -0.2) is 32.5 Å². The molecule has 158 valence electrons. The highest BCUT2D eigenvalue weighted by atomic mass is 32.2. The Balaban J connectivity index is 1.30. The molecule has 2 aromatic heterocycles. The van der Waals surface area contributed by atoms with E-state index < -0.39 is 10.0 Å². The Bertz CT molecular complexity index is 1320. The molecular formula is C20H15N3O5S3. The van der Waals surface area contributed by atoms with Gasteiger partial charge in [0.1, 0.15) is 17.4 Å². The monoisotopic (exact) mass is 473 g/mol. The quantitative estimate of drug-likeness (QED) is 0.450. The summed E-state index contributed by atoms with van der Waals surface area (Å²) < 4.78 is 39.3. The molecular weight excluding hydrogens is 458 g/mol. The third-order valence-corrected chi connectivity index (χ3v) is 8.14. The van der Waals surface area contributed by atoms with Crippen molar-refractivity contribution in [2.24, 2.45) is 0 Å². The third kappa shape index (κ3) is 4.07. The first-order chi connectivity index (χ1) is 15.0. The molecule has 0 radical (unpaired) electrons. The van der Waals surface area contributed by atoms with Crippen molar-refractivity contribution in [3.63, 3.8) is 0 Å². The number of fused-ring (bicyclic) bond motifs is 2. The fraction of sp³-hybridized carbons (Fsp3) is 0.100. The largest absolute Gasteiger partial charge is 0.486 e. The average molecular weight is 474 g/mol. The van der Waals surface area contributed by atoms with E-state index in [9.17, 15) is 13.2 Å². The molecule has 3 heterocycles. The van der Waals surface area contributed by atoms with Crippen molar-refractivity contribution < 1.29 is 22.7 Å². The molecule has 5 rings (SSSR count). The number of carbonyl (C=O) groups excluding carboxylic acids is 1. The van der Waals surface area contributed by atoms with Gasteiger partial charge in [-0.25, -0.2) is 13.4 Å². The highest BCUT2D eigenvalue weighted by Crippen LogP contribution is 2.37. The molecule has 31 heavy (non-hydrogen) atoms. The molecule has 0 spiro atoms. The van der Waals surface area contributed by atoms with E-state index in [0.717, 1.165) is 16.0 Å². The molecule has 8 nitrogen and oxygen atoms in total. The lowest BCUT2D eigenvalue weighted by Crippen LogP contribution is -2.15. The molecule has 0 aliphatic carbocycles. The summed E-state index contributed by atoms with van der Waals surface area (Å²) >= 11 is 2.47. The minimum Gasteiger partial charge on any atom is -0.486 e. The van der Waals surface area contributed by atoms with Crippen LogP contribution >= 0.6 is 22.7 Å². The van der Waals surface area contributed by atoms with Crippen LogP contribution in [-0.2, 0) is 10.0 Å². The lowest BCUT2D eigenvalue weighted by Gasteiger charge is -2.17. The second-order valence-electron chi connectivity index (χ2n) is 6.55. The number of benzene rings is 2. The van der Waals surface area contributed by atoms with Crippen molar-refractivity contribution in [3.05, 3.63) is 59.5 Å². The molecule has 0 atom stereocenters. The summed E-state index contributed by atoms with van der Waals surface area (Å²) in [5.74, 6) is 0.965. The van der Waals surface area contributed by atoms with Crippen LogP contribution < -0.4 is 19.5 Å². The lowest BCUT2D eigenvalue weighted by atomic mass is 10.2. The zero-order valence-corrected chi connectivity index (χ0v) is 18.3. The van der Waals surface area contributed by atoms with Crippen LogP contribution in [0.25, 0.3) is 10.2 Å². The first-order valence-electron chi connectivity index (χ1n) is 9.16. The molecule has 1 aliphatic rings. The predicted molar refractivity (Wildman–Crippen MR) is 120 cm³/mol. The van der Waals surface area contributed by atoms with E-state index in [1.807, 2.05) is 6.07 Å². The minimum atomic E-state index is -3.63. The highest BCUT2D eigenvalue weighted by Gasteiger charge is 2.18. The normalized spacial score (nSPS) is 13.2. The molecule has 2 N–H and O–H groups in total. The van der Waals surface area contributed by atoms with Crippen molar-refractivity contribution in [1.82, 2.24) is 4.98 Å². The molecule has 1 amide bonds. The second-order valence-corrected chi connectivity index (χ2v) is 10.4. The number of thiazole rings is 1. The van der Waals surface area contributed by atoms with Gasteiger partial charge in [-0.15, -0.1) is 11.3 Å². The van der Waals surface area contributed by atoms with Crippen LogP contribution in [0.3, 0.4) is 0 Å². The van der Waals surface area contributed by atoms with Crippen LogP contribution in [0.1, 0.15) is 10.4 Å². The van der Waals surface area contributed by atoms with Crippen molar-refractivity contribution in [2.75, 3.05) is 23.3 Å². The van der Waals surface area contributed by atoms with Crippen LogP contribution in [0.4, 0.5) is 10.8 Å². The zero-order valence-electron chi connectivity index (χ0n) is 15.8. The van der Waals surface area contributed by atoms with Gasteiger partial charge >= 0.3 is 0 Å². The number of sulfonamides is 1. The van der Waals surface area contributed by atoms with Crippen LogP contribution in [0.5, 0.6) is 11.5 Å². The smallest absolute Gasteiger partial charge is 0.271 e. The topological polar surface area (TPSA) is 107 Å². The van der Waals surface area contributed by atoms with E-state index in [-0.39, 0.29) is 10.1 Å². The Morgan fingerprint density at radius 2 is 1.77 bits per heavy atom. The number of ether oxygens (including phenoxy) is 2. The maximum Gasteiger partial charge on any atom is 0.271 e. The number of amides is 1. The van der Waals surface area contributed by atoms with Crippen molar-refractivity contribution in [1.29, 1.82) is 0 Å². The summed E-state index contributed by atoms with van der Waals surface area (Å²) in [6, 6.07) is 13.0. The molecule has 2 aromatic carbocycles.